The maximum Gasteiger partial charge on any atom is 0.271 e. The molecule has 104 valence electrons. The summed E-state index contributed by atoms with van der Waals surface area (Å²) in [5.41, 5.74) is 1.79. The SMILES string of the molecule is N#CCc1ccc(NCc2ccc(S(N)(=O)=O)o2)cc1. The Labute approximate surface area is 116 Å². The third-order valence-electron chi connectivity index (χ3n) is 2.62. The topological polar surface area (TPSA) is 109 Å². The van der Waals surface area contributed by atoms with E-state index in [1.54, 1.807) is 6.07 Å². The molecule has 2 rings (SSSR count). The maximum absolute atomic E-state index is 11.1. The van der Waals surface area contributed by atoms with Gasteiger partial charge in [-0.05, 0) is 29.8 Å². The van der Waals surface area contributed by atoms with Crippen LogP contribution in [0.15, 0.2) is 45.9 Å². The Morgan fingerprint density at radius 2 is 1.90 bits per heavy atom. The van der Waals surface area contributed by atoms with Crippen LogP contribution in [0, 0.1) is 11.3 Å². The second-order valence-electron chi connectivity index (χ2n) is 4.15. The van der Waals surface area contributed by atoms with Crippen LogP contribution >= 0.6 is 0 Å². The molecule has 6 nitrogen and oxygen atoms in total. The fourth-order valence-electron chi connectivity index (χ4n) is 1.63. The van der Waals surface area contributed by atoms with E-state index in [0.717, 1.165) is 11.3 Å². The Morgan fingerprint density at radius 1 is 1.20 bits per heavy atom. The van der Waals surface area contributed by atoms with Crippen LogP contribution in [0.5, 0.6) is 0 Å². The molecular formula is C13H13N3O3S. The average molecular weight is 291 g/mol. The quantitative estimate of drug-likeness (QED) is 0.869. The molecule has 1 aromatic carbocycles. The normalized spacial score (nSPS) is 11.0. The molecule has 0 fully saturated rings. The molecule has 1 heterocycles. The summed E-state index contributed by atoms with van der Waals surface area (Å²) in [6, 6.07) is 12.3. The summed E-state index contributed by atoms with van der Waals surface area (Å²) in [5, 5.41) is 16.4. The smallest absolute Gasteiger partial charge is 0.271 e. The van der Waals surface area contributed by atoms with Crippen molar-refractivity contribution in [1.29, 1.82) is 5.26 Å². The Kier molecular flexibility index (Phi) is 4.08. The van der Waals surface area contributed by atoms with Crippen LogP contribution < -0.4 is 10.5 Å². The largest absolute Gasteiger partial charge is 0.446 e. The highest BCUT2D eigenvalue weighted by atomic mass is 32.2. The highest BCUT2D eigenvalue weighted by molar-refractivity contribution is 7.89. The predicted octanol–water partition coefficient (Wildman–Crippen LogP) is 1.61. The number of nitrogens with two attached hydrogens (primary N) is 1. The van der Waals surface area contributed by atoms with E-state index in [1.807, 2.05) is 24.3 Å². The summed E-state index contributed by atoms with van der Waals surface area (Å²) in [6.45, 7) is 0.340. The minimum absolute atomic E-state index is 0.251. The second kappa shape index (κ2) is 5.77. The molecule has 3 N–H and O–H groups in total. The van der Waals surface area contributed by atoms with Crippen LogP contribution in [-0.4, -0.2) is 8.42 Å². The molecule has 0 aliphatic carbocycles. The number of rotatable bonds is 5. The second-order valence-corrected chi connectivity index (χ2v) is 5.64. The standard InChI is InChI=1S/C13H13N3O3S/c14-8-7-10-1-3-11(4-2-10)16-9-12-5-6-13(19-12)20(15,17)18/h1-6,16H,7,9H2,(H2,15,17,18). The molecule has 0 saturated carbocycles. The van der Waals surface area contributed by atoms with Gasteiger partial charge in [0.25, 0.3) is 10.0 Å². The van der Waals surface area contributed by atoms with Gasteiger partial charge >= 0.3 is 0 Å². The molecule has 0 aliphatic rings. The zero-order valence-corrected chi connectivity index (χ0v) is 11.4. The minimum atomic E-state index is -3.80. The van der Waals surface area contributed by atoms with Crippen LogP contribution in [0.4, 0.5) is 5.69 Å². The van der Waals surface area contributed by atoms with Gasteiger partial charge in [0.05, 0.1) is 19.0 Å². The molecule has 0 atom stereocenters. The third-order valence-corrected chi connectivity index (χ3v) is 3.40. The summed E-state index contributed by atoms with van der Waals surface area (Å²) >= 11 is 0. The number of nitrogens with one attached hydrogen (secondary N) is 1. The van der Waals surface area contributed by atoms with Crippen molar-refractivity contribution in [2.75, 3.05) is 5.32 Å². The molecule has 0 amide bonds. The number of hydrogen-bond acceptors (Lipinski definition) is 5. The van der Waals surface area contributed by atoms with Gasteiger partial charge in [-0.3, -0.25) is 0 Å². The molecule has 0 saturated heterocycles. The number of hydrogen-bond donors (Lipinski definition) is 2. The van der Waals surface area contributed by atoms with Crippen molar-refractivity contribution in [2.24, 2.45) is 5.14 Å². The molecule has 0 aliphatic heterocycles. The molecule has 7 heteroatoms. The molecule has 0 radical (unpaired) electrons. The molecule has 20 heavy (non-hydrogen) atoms. The number of anilines is 1. The number of benzene rings is 1. The molecule has 0 bridgehead atoms. The lowest BCUT2D eigenvalue weighted by atomic mass is 10.1. The third kappa shape index (κ3) is 3.60. The van der Waals surface area contributed by atoms with E-state index >= 15 is 0 Å². The first kappa shape index (κ1) is 14.1. The van der Waals surface area contributed by atoms with Crippen molar-refractivity contribution >= 4 is 15.7 Å². The first-order valence-corrected chi connectivity index (χ1v) is 7.35. The number of nitriles is 1. The highest BCUT2D eigenvalue weighted by Crippen LogP contribution is 2.15. The Hall–Kier alpha value is -2.30. The van der Waals surface area contributed by atoms with Crippen LogP contribution in [0.2, 0.25) is 0 Å². The molecule has 1 aromatic heterocycles. The highest BCUT2D eigenvalue weighted by Gasteiger charge is 2.12. The van der Waals surface area contributed by atoms with E-state index < -0.39 is 10.0 Å². The summed E-state index contributed by atoms with van der Waals surface area (Å²) < 4.78 is 27.2. The van der Waals surface area contributed by atoms with Crippen molar-refractivity contribution < 1.29 is 12.8 Å². The predicted molar refractivity (Wildman–Crippen MR) is 73.2 cm³/mol. The van der Waals surface area contributed by atoms with E-state index in [2.05, 4.69) is 11.4 Å². The van der Waals surface area contributed by atoms with E-state index in [4.69, 9.17) is 14.8 Å². The maximum atomic E-state index is 11.1. The van der Waals surface area contributed by atoms with Crippen LogP contribution in [0.1, 0.15) is 11.3 Å². The van der Waals surface area contributed by atoms with Gasteiger partial charge < -0.3 is 9.73 Å². The molecular weight excluding hydrogens is 278 g/mol. The number of sulfonamides is 1. The summed E-state index contributed by atoms with van der Waals surface area (Å²) in [5.74, 6) is 0.468. The van der Waals surface area contributed by atoms with E-state index in [1.165, 1.54) is 6.07 Å². The van der Waals surface area contributed by atoms with Crippen LogP contribution in [0.3, 0.4) is 0 Å². The van der Waals surface area contributed by atoms with Gasteiger partial charge in [0.15, 0.2) is 0 Å². The van der Waals surface area contributed by atoms with Gasteiger partial charge in [-0.15, -0.1) is 0 Å². The lowest BCUT2D eigenvalue weighted by molar-refractivity contribution is 0.419. The van der Waals surface area contributed by atoms with Crippen molar-refractivity contribution in [3.8, 4) is 6.07 Å². The molecule has 2 aromatic rings. The van der Waals surface area contributed by atoms with E-state index in [-0.39, 0.29) is 5.09 Å². The fraction of sp³-hybridized carbons (Fsp3) is 0.154. The van der Waals surface area contributed by atoms with Gasteiger partial charge in [0.1, 0.15) is 5.76 Å². The van der Waals surface area contributed by atoms with E-state index in [9.17, 15) is 8.42 Å². The van der Waals surface area contributed by atoms with Crippen molar-refractivity contribution in [1.82, 2.24) is 0 Å². The monoisotopic (exact) mass is 291 g/mol. The molecule has 0 spiro atoms. The van der Waals surface area contributed by atoms with Gasteiger partial charge in [-0.25, -0.2) is 13.6 Å². The average Bonchev–Trinajstić information content (AvgIpc) is 2.87. The minimum Gasteiger partial charge on any atom is -0.446 e. The Balaban J connectivity index is 1.98. The first-order valence-electron chi connectivity index (χ1n) is 5.80. The summed E-state index contributed by atoms with van der Waals surface area (Å²) in [6.07, 6.45) is 0.371. The zero-order valence-electron chi connectivity index (χ0n) is 10.5. The lowest BCUT2D eigenvalue weighted by Crippen LogP contribution is -2.10. The zero-order chi connectivity index (χ0) is 14.6. The van der Waals surface area contributed by atoms with Gasteiger partial charge in [0.2, 0.25) is 5.09 Å². The number of furan rings is 1. The van der Waals surface area contributed by atoms with Gasteiger partial charge in [-0.1, -0.05) is 12.1 Å². The lowest BCUT2D eigenvalue weighted by Gasteiger charge is -2.04. The van der Waals surface area contributed by atoms with Crippen LogP contribution in [-0.2, 0) is 23.0 Å². The van der Waals surface area contributed by atoms with Gasteiger partial charge in [-0.2, -0.15) is 5.26 Å². The first-order chi connectivity index (χ1) is 9.49. The van der Waals surface area contributed by atoms with Crippen LogP contribution in [0.25, 0.3) is 0 Å². The Bertz CT molecular complexity index is 727. The van der Waals surface area contributed by atoms with Crippen molar-refractivity contribution in [2.45, 2.75) is 18.1 Å². The van der Waals surface area contributed by atoms with Crippen molar-refractivity contribution in [3.05, 3.63) is 47.7 Å². The Morgan fingerprint density at radius 3 is 2.45 bits per heavy atom. The molecule has 0 unspecified atom stereocenters. The van der Waals surface area contributed by atoms with Gasteiger partial charge in [0, 0.05) is 5.69 Å². The number of nitrogens with zero attached hydrogens (tertiary/aromatic N) is 1. The van der Waals surface area contributed by atoms with E-state index in [0.29, 0.717) is 18.7 Å². The fourth-order valence-corrected chi connectivity index (χ4v) is 2.11. The van der Waals surface area contributed by atoms with Crippen molar-refractivity contribution in [3.63, 3.8) is 0 Å². The number of primary sulfonamides is 1. The summed E-state index contributed by atoms with van der Waals surface area (Å²) in [7, 11) is -3.80. The summed E-state index contributed by atoms with van der Waals surface area (Å²) in [4.78, 5) is 0.